The molecule has 0 radical (unpaired) electrons. The fourth-order valence-electron chi connectivity index (χ4n) is 8.76. The Morgan fingerprint density at radius 2 is 1.39 bits per heavy atom. The monoisotopic (exact) mass is 536 g/mol. The molecule has 3 aromatic carbocycles. The van der Waals surface area contributed by atoms with Crippen LogP contribution in [-0.2, 0) is 11.0 Å². The molecule has 0 saturated heterocycles. The van der Waals surface area contributed by atoms with Crippen molar-refractivity contribution in [3.8, 4) is 33.6 Å². The molecular weight excluding hydrogens is 496 g/mol. The van der Waals surface area contributed by atoms with Crippen molar-refractivity contribution in [1.82, 2.24) is 0 Å². The van der Waals surface area contributed by atoms with Gasteiger partial charge in [0.15, 0.2) is 24.0 Å². The van der Waals surface area contributed by atoms with Gasteiger partial charge in [-0.25, -0.2) is 0 Å². The van der Waals surface area contributed by atoms with Gasteiger partial charge in [0.1, 0.15) is 0 Å². The Balaban J connectivity index is 1.47. The summed E-state index contributed by atoms with van der Waals surface area (Å²) < 4.78 is 5.18. The Kier molecular flexibility index (Phi) is 6.01. The van der Waals surface area contributed by atoms with Gasteiger partial charge >= 0.3 is 0 Å². The molecule has 4 heterocycles. The Morgan fingerprint density at radius 1 is 0.707 bits per heavy atom. The summed E-state index contributed by atoms with van der Waals surface area (Å²) in [5.74, 6) is 0.330. The van der Waals surface area contributed by atoms with Crippen LogP contribution in [0.4, 0.5) is 0 Å². The molecule has 0 bridgehead atoms. The van der Waals surface area contributed by atoms with E-state index in [-0.39, 0.29) is 17.0 Å². The molecule has 4 unspecified atom stereocenters. The summed E-state index contributed by atoms with van der Waals surface area (Å²) in [4.78, 5) is 0. The normalized spacial score (nSPS) is 22.8. The highest BCUT2D eigenvalue weighted by atomic mass is 15.1. The number of aryl methyl sites for hydroxylation is 1. The summed E-state index contributed by atoms with van der Waals surface area (Å²) in [6.07, 6.45) is 6.80. The van der Waals surface area contributed by atoms with Crippen molar-refractivity contribution < 1.29 is 9.13 Å². The molecule has 0 aliphatic carbocycles. The molecule has 0 fully saturated rings. The van der Waals surface area contributed by atoms with Gasteiger partial charge in [-0.05, 0) is 53.8 Å². The average molecular weight is 537 g/mol. The smallest absolute Gasteiger partial charge is 0.192 e. The Labute approximate surface area is 245 Å². The van der Waals surface area contributed by atoms with Crippen LogP contribution in [0.2, 0.25) is 0 Å². The Bertz CT molecular complexity index is 1780. The van der Waals surface area contributed by atoms with Gasteiger partial charge in [0.05, 0.1) is 16.5 Å². The van der Waals surface area contributed by atoms with Crippen LogP contribution in [0.3, 0.4) is 0 Å². The molecule has 2 aliphatic heterocycles. The average Bonchev–Trinajstić information content (AvgIpc) is 3.35. The second-order valence-corrected chi connectivity index (χ2v) is 12.3. The molecule has 0 saturated carbocycles. The maximum atomic E-state index is 2.60. The molecule has 2 nitrogen and oxygen atoms in total. The molecule has 5 aromatic rings. The maximum Gasteiger partial charge on any atom is 0.214 e. The van der Waals surface area contributed by atoms with E-state index in [9.17, 15) is 0 Å². The number of fused-ring (bicyclic) bond motifs is 6. The van der Waals surface area contributed by atoms with Crippen LogP contribution in [0, 0.1) is 12.8 Å². The van der Waals surface area contributed by atoms with E-state index < -0.39 is 0 Å². The van der Waals surface area contributed by atoms with Gasteiger partial charge in [0.2, 0.25) is 11.4 Å². The molecule has 41 heavy (non-hydrogen) atoms. The molecule has 0 N–H and O–H groups in total. The van der Waals surface area contributed by atoms with E-state index in [1.165, 1.54) is 50.3 Å². The number of benzene rings is 3. The number of hydrogen-bond donors (Lipinski definition) is 0. The lowest BCUT2D eigenvalue weighted by atomic mass is 9.52. The fourth-order valence-corrected chi connectivity index (χ4v) is 8.76. The van der Waals surface area contributed by atoms with Gasteiger partial charge in [0, 0.05) is 49.1 Å². The van der Waals surface area contributed by atoms with Crippen LogP contribution in [0.1, 0.15) is 63.3 Å². The minimum atomic E-state index is -0.0918. The van der Waals surface area contributed by atoms with Crippen molar-refractivity contribution in [3.05, 3.63) is 132 Å². The van der Waals surface area contributed by atoms with Crippen molar-refractivity contribution >= 4 is 0 Å². The van der Waals surface area contributed by atoms with Crippen LogP contribution in [0.15, 0.2) is 116 Å². The second kappa shape index (κ2) is 9.52. The zero-order valence-corrected chi connectivity index (χ0v) is 24.9. The van der Waals surface area contributed by atoms with Crippen molar-refractivity contribution in [2.45, 2.75) is 64.5 Å². The zero-order chi connectivity index (χ0) is 28.4. The van der Waals surface area contributed by atoms with Gasteiger partial charge in [-0.3, -0.25) is 0 Å². The molecular formula is C39H40N2+2. The molecule has 7 rings (SSSR count). The first-order chi connectivity index (χ1) is 20.0. The summed E-state index contributed by atoms with van der Waals surface area (Å²) in [5, 5.41) is 0. The molecule has 4 atom stereocenters. The molecule has 2 heteroatoms. The first-order valence-corrected chi connectivity index (χ1v) is 15.3. The van der Waals surface area contributed by atoms with Crippen molar-refractivity contribution in [3.63, 3.8) is 0 Å². The quantitative estimate of drug-likeness (QED) is 0.199. The van der Waals surface area contributed by atoms with E-state index in [0.29, 0.717) is 5.92 Å². The number of pyridine rings is 2. The topological polar surface area (TPSA) is 7.76 Å². The lowest BCUT2D eigenvalue weighted by Gasteiger charge is -2.51. The van der Waals surface area contributed by atoms with Crippen LogP contribution < -0.4 is 9.13 Å². The van der Waals surface area contributed by atoms with E-state index >= 15 is 0 Å². The van der Waals surface area contributed by atoms with E-state index in [2.05, 4.69) is 159 Å². The van der Waals surface area contributed by atoms with Gasteiger partial charge in [-0.2, -0.15) is 9.13 Å². The first kappa shape index (κ1) is 25.9. The highest BCUT2D eigenvalue weighted by Gasteiger charge is 2.64. The number of aromatic nitrogens is 2. The summed E-state index contributed by atoms with van der Waals surface area (Å²) in [6, 6.07) is 38.8. The standard InChI is InChI=1S/C39H40N2/c1-6-38(5)39(7-2,34-21-13-12-20-33(34)35-22-14-15-24-41(35)38)28(4)37-32-19-11-10-18-31(32)36-26-29(23-25-40(36)37)30-17-9-8-16-27(30)3/h8-26,28,37H,6-7H2,1-5H3/q+2. The minimum absolute atomic E-state index is 0.0849. The second-order valence-electron chi connectivity index (χ2n) is 12.3. The van der Waals surface area contributed by atoms with Crippen LogP contribution in [0.5, 0.6) is 0 Å². The third-order valence-corrected chi connectivity index (χ3v) is 10.8. The highest BCUT2D eigenvalue weighted by Crippen LogP contribution is 2.57. The van der Waals surface area contributed by atoms with Crippen molar-refractivity contribution in [2.24, 2.45) is 5.92 Å². The van der Waals surface area contributed by atoms with E-state index in [1.807, 2.05) is 0 Å². The number of nitrogens with zero attached hydrogens (tertiary/aromatic N) is 2. The van der Waals surface area contributed by atoms with E-state index in [4.69, 9.17) is 0 Å². The lowest BCUT2D eigenvalue weighted by molar-refractivity contribution is -0.772. The number of hydrogen-bond acceptors (Lipinski definition) is 0. The van der Waals surface area contributed by atoms with Crippen LogP contribution >= 0.6 is 0 Å². The third-order valence-electron chi connectivity index (χ3n) is 10.8. The molecule has 0 amide bonds. The first-order valence-electron chi connectivity index (χ1n) is 15.3. The van der Waals surface area contributed by atoms with Gasteiger partial charge in [-0.15, -0.1) is 0 Å². The summed E-state index contributed by atoms with van der Waals surface area (Å²) >= 11 is 0. The van der Waals surface area contributed by atoms with Crippen LogP contribution in [-0.4, -0.2) is 0 Å². The highest BCUT2D eigenvalue weighted by molar-refractivity contribution is 5.74. The summed E-state index contributed by atoms with van der Waals surface area (Å²) in [5.41, 5.74) is 12.0. The maximum absolute atomic E-state index is 2.60. The SMILES string of the molecule is CCC1(C(C)C2c3ccccc3-c3cc(-c4ccccc4C)cc[n+]32)c2ccccc2-c2cccc[n+]2C1(C)CC. The molecule has 2 aromatic heterocycles. The van der Waals surface area contributed by atoms with Gasteiger partial charge in [0.25, 0.3) is 0 Å². The van der Waals surface area contributed by atoms with E-state index in [0.717, 1.165) is 12.8 Å². The van der Waals surface area contributed by atoms with Crippen molar-refractivity contribution in [1.29, 1.82) is 0 Å². The predicted octanol–water partition coefficient (Wildman–Crippen LogP) is 8.60. The Hall–Kier alpha value is -4.04. The van der Waals surface area contributed by atoms with Gasteiger partial charge in [-0.1, -0.05) is 81.4 Å². The summed E-state index contributed by atoms with van der Waals surface area (Å²) in [6.45, 7) is 12.1. The third kappa shape index (κ3) is 3.43. The lowest BCUT2D eigenvalue weighted by Crippen LogP contribution is -2.71. The largest absolute Gasteiger partial charge is 0.214 e. The van der Waals surface area contributed by atoms with E-state index in [1.54, 1.807) is 0 Å². The Morgan fingerprint density at radius 3 is 2.15 bits per heavy atom. The van der Waals surface area contributed by atoms with Crippen LogP contribution in [0.25, 0.3) is 33.6 Å². The van der Waals surface area contributed by atoms with Gasteiger partial charge < -0.3 is 0 Å². The number of rotatable bonds is 5. The minimum Gasteiger partial charge on any atom is -0.192 e. The molecule has 0 spiro atoms. The molecule has 2 aliphatic rings. The van der Waals surface area contributed by atoms with Crippen molar-refractivity contribution in [2.75, 3.05) is 0 Å². The fraction of sp³-hybridized carbons (Fsp3) is 0.282. The predicted molar refractivity (Wildman–Crippen MR) is 168 cm³/mol. The molecule has 204 valence electrons. The zero-order valence-electron chi connectivity index (χ0n) is 24.9. The summed E-state index contributed by atoms with van der Waals surface area (Å²) in [7, 11) is 0.